The van der Waals surface area contributed by atoms with E-state index in [0.717, 1.165) is 24.8 Å². The molecule has 4 rings (SSSR count). The molecule has 1 spiro atoms. The highest BCUT2D eigenvalue weighted by Gasteiger charge is 2.76. The molecule has 2 amide bonds. The van der Waals surface area contributed by atoms with Crippen molar-refractivity contribution in [2.24, 2.45) is 11.8 Å². The van der Waals surface area contributed by atoms with Crippen LogP contribution in [-0.2, 0) is 25.5 Å². The van der Waals surface area contributed by atoms with E-state index < -0.39 is 28.7 Å². The molecule has 1 N–H and O–H groups in total. The number of carbonyl (C=O) groups is 3. The van der Waals surface area contributed by atoms with E-state index in [-0.39, 0.29) is 40.5 Å². The van der Waals surface area contributed by atoms with Crippen LogP contribution in [0.3, 0.4) is 0 Å². The van der Waals surface area contributed by atoms with Crippen LogP contribution >= 0.6 is 27.7 Å². The fourth-order valence-electron chi connectivity index (χ4n) is 6.66. The topological polar surface area (TPSA) is 87.1 Å². The van der Waals surface area contributed by atoms with Crippen LogP contribution in [-0.4, -0.2) is 85.4 Å². The zero-order valence-electron chi connectivity index (χ0n) is 23.4. The van der Waals surface area contributed by atoms with Crippen LogP contribution in [0.15, 0.2) is 55.6 Å². The average Bonchev–Trinajstić information content (AvgIpc) is 3.53. The first-order valence-electron chi connectivity index (χ1n) is 14.2. The second-order valence-electron chi connectivity index (χ2n) is 11.3. The summed E-state index contributed by atoms with van der Waals surface area (Å²) in [6, 6.07) is 8.15. The number of aliphatic hydroxyl groups is 1. The molecule has 3 unspecified atom stereocenters. The Balaban J connectivity index is 1.72. The van der Waals surface area contributed by atoms with Crippen molar-refractivity contribution in [1.82, 2.24) is 9.80 Å². The number of fused-ring (bicyclic) bond motifs is 1. The molecule has 7 nitrogen and oxygen atoms in total. The number of nitrogens with zero attached hydrogens (tertiary/aromatic N) is 2. The molecule has 3 aliphatic rings. The first-order valence-corrected chi connectivity index (χ1v) is 16.0. The number of thioether (sulfide) groups is 1. The Kier molecular flexibility index (Phi) is 10.2. The van der Waals surface area contributed by atoms with Gasteiger partial charge in [0, 0.05) is 22.7 Å². The van der Waals surface area contributed by atoms with E-state index in [4.69, 9.17) is 4.74 Å². The quantitative estimate of drug-likeness (QED) is 0.142. The van der Waals surface area contributed by atoms with Crippen LogP contribution in [0, 0.1) is 11.8 Å². The lowest BCUT2D eigenvalue weighted by atomic mass is 9.71. The highest BCUT2D eigenvalue weighted by molar-refractivity contribution is 9.09. The molecule has 3 fully saturated rings. The third-order valence-electron chi connectivity index (χ3n) is 8.43. The number of allylic oxidation sites excluding steroid dienone is 1. The largest absolute Gasteiger partial charge is 0.465 e. The summed E-state index contributed by atoms with van der Waals surface area (Å²) in [4.78, 5) is 45.8. The molecule has 0 aromatic heterocycles. The molecular weight excluding hydrogens is 592 g/mol. The van der Waals surface area contributed by atoms with Crippen LogP contribution < -0.4 is 0 Å². The molecular formula is C31H41BrN2O5S. The molecule has 218 valence electrons. The first kappa shape index (κ1) is 30.8. The predicted molar refractivity (Wildman–Crippen MR) is 162 cm³/mol. The van der Waals surface area contributed by atoms with Gasteiger partial charge in [-0.1, -0.05) is 58.4 Å². The number of benzene rings is 1. The van der Waals surface area contributed by atoms with Crippen molar-refractivity contribution in [3.63, 3.8) is 0 Å². The number of rotatable bonds is 14. The van der Waals surface area contributed by atoms with Gasteiger partial charge in [-0.3, -0.25) is 14.4 Å². The van der Waals surface area contributed by atoms with Crippen LogP contribution in [0.1, 0.15) is 45.1 Å². The third kappa shape index (κ3) is 5.66. The molecule has 3 saturated heterocycles. The summed E-state index contributed by atoms with van der Waals surface area (Å²) in [5.74, 6) is -2.11. The van der Waals surface area contributed by atoms with E-state index in [1.807, 2.05) is 50.3 Å². The average molecular weight is 634 g/mol. The summed E-state index contributed by atoms with van der Waals surface area (Å²) in [5, 5.41) is 10.4. The maximum absolute atomic E-state index is 14.4. The summed E-state index contributed by atoms with van der Waals surface area (Å²) in [6.45, 7) is 11.8. The van der Waals surface area contributed by atoms with E-state index in [9.17, 15) is 19.5 Å². The lowest BCUT2D eigenvalue weighted by Crippen LogP contribution is -2.59. The third-order valence-corrected chi connectivity index (χ3v) is 11.7. The van der Waals surface area contributed by atoms with Gasteiger partial charge >= 0.3 is 5.97 Å². The molecule has 3 heterocycles. The minimum Gasteiger partial charge on any atom is -0.465 e. The van der Waals surface area contributed by atoms with E-state index in [1.54, 1.807) is 27.6 Å². The first-order chi connectivity index (χ1) is 19.2. The minimum absolute atomic E-state index is 0.0382. The number of alkyl halides is 1. The Hall–Kier alpha value is -2.10. The summed E-state index contributed by atoms with van der Waals surface area (Å²) < 4.78 is 4.93. The Morgan fingerprint density at radius 2 is 1.98 bits per heavy atom. The Bertz CT molecular complexity index is 1100. The van der Waals surface area contributed by atoms with Crippen molar-refractivity contribution in [2.75, 3.05) is 19.8 Å². The lowest BCUT2D eigenvalue weighted by molar-refractivity contribution is -0.154. The summed E-state index contributed by atoms with van der Waals surface area (Å²) in [7, 11) is 0. The highest BCUT2D eigenvalue weighted by atomic mass is 79.9. The van der Waals surface area contributed by atoms with Crippen molar-refractivity contribution < 1.29 is 24.2 Å². The monoisotopic (exact) mass is 632 g/mol. The second kappa shape index (κ2) is 13.3. The van der Waals surface area contributed by atoms with Crippen LogP contribution in [0.4, 0.5) is 0 Å². The fraction of sp³-hybridized carbons (Fsp3) is 0.581. The van der Waals surface area contributed by atoms with E-state index in [1.165, 1.54) is 0 Å². The van der Waals surface area contributed by atoms with Gasteiger partial charge in [-0.25, -0.2) is 0 Å². The molecule has 3 aliphatic heterocycles. The molecule has 9 heteroatoms. The van der Waals surface area contributed by atoms with Crippen molar-refractivity contribution in [2.45, 2.75) is 78.9 Å². The van der Waals surface area contributed by atoms with Crippen molar-refractivity contribution in [3.8, 4) is 0 Å². The highest BCUT2D eigenvalue weighted by Crippen LogP contribution is 2.68. The zero-order valence-corrected chi connectivity index (χ0v) is 25.8. The lowest BCUT2D eigenvalue weighted by Gasteiger charge is -2.41. The standard InChI is InChI=1S/C31H41BrN2O5S/c1-5-7-8-12-16-39-30(38)24-25-28(36)34(22(19-35)17-21-13-10-9-11-14-21)27(29(37)33(15-6-2)20(3)4)31(25)18-23(32)26(24)40-31/h5-6,9-11,13-14,20,22-27,35H,1-2,7-8,12,15-19H2,3-4H3/t22-,23?,24+,25+,26+,27?,31?/m1/s1. The number of unbranched alkanes of at least 4 members (excludes halogenated alkanes) is 2. The number of hydrogen-bond acceptors (Lipinski definition) is 6. The Morgan fingerprint density at radius 1 is 1.25 bits per heavy atom. The number of ether oxygens (including phenoxy) is 1. The SMILES string of the molecule is C=CCCCCOC(=O)[C@H]1[C@H]2C(=O)N([C@@H](CO)Cc3ccccc3)C(C(=O)N(CC=C)C(C)C)C23CC(Br)[C@@H]1S3. The van der Waals surface area contributed by atoms with Gasteiger partial charge in [0.05, 0.1) is 35.8 Å². The van der Waals surface area contributed by atoms with Crippen LogP contribution in [0.5, 0.6) is 0 Å². The number of esters is 1. The van der Waals surface area contributed by atoms with Crippen molar-refractivity contribution in [3.05, 3.63) is 61.2 Å². The molecule has 1 aromatic carbocycles. The smallest absolute Gasteiger partial charge is 0.310 e. The Morgan fingerprint density at radius 3 is 2.60 bits per heavy atom. The van der Waals surface area contributed by atoms with Gasteiger partial charge in [0.1, 0.15) is 6.04 Å². The van der Waals surface area contributed by atoms with Gasteiger partial charge < -0.3 is 19.6 Å². The molecule has 0 radical (unpaired) electrons. The number of aliphatic hydroxyl groups excluding tert-OH is 1. The molecule has 0 aliphatic carbocycles. The minimum atomic E-state index is -0.811. The summed E-state index contributed by atoms with van der Waals surface area (Å²) in [5.41, 5.74) is 0.965. The second-order valence-corrected chi connectivity index (χ2v) is 14.0. The Labute approximate surface area is 250 Å². The molecule has 2 bridgehead atoms. The fourth-order valence-corrected chi connectivity index (χ4v) is 10.2. The molecule has 7 atom stereocenters. The number of carbonyl (C=O) groups excluding carboxylic acids is 3. The van der Waals surface area contributed by atoms with Gasteiger partial charge in [0.2, 0.25) is 11.8 Å². The molecule has 0 saturated carbocycles. The number of halogens is 1. The van der Waals surface area contributed by atoms with E-state index >= 15 is 0 Å². The normalized spacial score (nSPS) is 29.4. The maximum Gasteiger partial charge on any atom is 0.310 e. The van der Waals surface area contributed by atoms with E-state index in [2.05, 4.69) is 29.1 Å². The number of likely N-dealkylation sites (tertiary alicyclic amines) is 1. The van der Waals surface area contributed by atoms with Gasteiger partial charge in [-0.15, -0.1) is 24.9 Å². The van der Waals surface area contributed by atoms with Crippen LogP contribution in [0.25, 0.3) is 0 Å². The zero-order chi connectivity index (χ0) is 29.0. The van der Waals surface area contributed by atoms with Crippen molar-refractivity contribution in [1.29, 1.82) is 0 Å². The van der Waals surface area contributed by atoms with Gasteiger partial charge in [0.15, 0.2) is 0 Å². The predicted octanol–water partition coefficient (Wildman–Crippen LogP) is 4.38. The van der Waals surface area contributed by atoms with E-state index in [0.29, 0.717) is 26.0 Å². The van der Waals surface area contributed by atoms with Crippen LogP contribution in [0.2, 0.25) is 0 Å². The number of hydrogen-bond donors (Lipinski definition) is 1. The molecule has 1 aromatic rings. The molecule has 40 heavy (non-hydrogen) atoms. The van der Waals surface area contributed by atoms with Gasteiger partial charge in [-0.2, -0.15) is 0 Å². The van der Waals surface area contributed by atoms with Gasteiger partial charge in [-0.05, 0) is 51.5 Å². The summed E-state index contributed by atoms with van der Waals surface area (Å²) >= 11 is 5.39. The van der Waals surface area contributed by atoms with Crippen molar-refractivity contribution >= 4 is 45.5 Å². The number of amides is 2. The van der Waals surface area contributed by atoms with Gasteiger partial charge in [0.25, 0.3) is 0 Å². The maximum atomic E-state index is 14.4. The summed E-state index contributed by atoms with van der Waals surface area (Å²) in [6.07, 6.45) is 6.99.